The highest BCUT2D eigenvalue weighted by Crippen LogP contribution is 2.39. The van der Waals surface area contributed by atoms with E-state index >= 15 is 0 Å². The summed E-state index contributed by atoms with van der Waals surface area (Å²) in [5.74, 6) is 0.498. The third kappa shape index (κ3) is 3.09. The van der Waals surface area contributed by atoms with Crippen molar-refractivity contribution >= 4 is 44.0 Å². The van der Waals surface area contributed by atoms with Gasteiger partial charge in [-0.15, -0.1) is 0 Å². The van der Waals surface area contributed by atoms with Crippen molar-refractivity contribution in [3.05, 3.63) is 94.4 Å². The highest BCUT2D eigenvalue weighted by molar-refractivity contribution is 6.21. The topological polar surface area (TPSA) is 81.9 Å². The molecule has 1 amide bonds. The van der Waals surface area contributed by atoms with E-state index in [4.69, 9.17) is 14.5 Å². The lowest BCUT2D eigenvalue weighted by Crippen LogP contribution is -2.27. The van der Waals surface area contributed by atoms with Crippen LogP contribution in [0.3, 0.4) is 0 Å². The van der Waals surface area contributed by atoms with Gasteiger partial charge in [0.15, 0.2) is 11.5 Å². The fraction of sp³-hybridized carbons (Fsp3) is 0.138. The highest BCUT2D eigenvalue weighted by atomic mass is 16.5. The molecule has 3 aromatic carbocycles. The Balaban J connectivity index is 1.67. The molecule has 6 rings (SSSR count). The Labute approximate surface area is 206 Å². The molecule has 36 heavy (non-hydrogen) atoms. The number of aromatic nitrogens is 2. The number of para-hydroxylation sites is 1. The summed E-state index contributed by atoms with van der Waals surface area (Å²) in [6, 6.07) is 22.5. The minimum atomic E-state index is -0.291. The van der Waals surface area contributed by atoms with E-state index in [1.165, 1.54) is 14.2 Å². The van der Waals surface area contributed by atoms with Gasteiger partial charge in [0.2, 0.25) is 0 Å². The lowest BCUT2D eigenvalue weighted by Gasteiger charge is -2.15. The predicted molar refractivity (Wildman–Crippen MR) is 141 cm³/mol. The van der Waals surface area contributed by atoms with Crippen molar-refractivity contribution in [2.24, 2.45) is 0 Å². The monoisotopic (exact) mass is 477 g/mol. The van der Waals surface area contributed by atoms with Crippen LogP contribution < -0.4 is 20.3 Å². The molecule has 0 aliphatic heterocycles. The molecule has 3 heterocycles. The van der Waals surface area contributed by atoms with E-state index < -0.39 is 0 Å². The minimum absolute atomic E-state index is 0.202. The summed E-state index contributed by atoms with van der Waals surface area (Å²) in [5.41, 5.74) is 3.02. The first-order valence-electron chi connectivity index (χ1n) is 11.6. The van der Waals surface area contributed by atoms with Crippen LogP contribution in [0.15, 0.2) is 77.6 Å². The third-order valence-electron chi connectivity index (χ3n) is 6.75. The second kappa shape index (κ2) is 8.23. The molecule has 7 heteroatoms. The molecule has 178 valence electrons. The van der Waals surface area contributed by atoms with Crippen molar-refractivity contribution < 1.29 is 14.3 Å². The molecule has 1 atom stereocenters. The van der Waals surface area contributed by atoms with Crippen LogP contribution in [-0.2, 0) is 0 Å². The number of hydrogen-bond donors (Lipinski definition) is 1. The van der Waals surface area contributed by atoms with Crippen molar-refractivity contribution in [2.75, 3.05) is 14.2 Å². The Morgan fingerprint density at radius 3 is 2.42 bits per heavy atom. The number of benzene rings is 3. The maximum absolute atomic E-state index is 13.9. The van der Waals surface area contributed by atoms with Crippen molar-refractivity contribution in [1.82, 2.24) is 14.7 Å². The normalized spacial score (nSPS) is 12.4. The molecule has 0 bridgehead atoms. The molecule has 6 aromatic rings. The largest absolute Gasteiger partial charge is 0.493 e. The molecular formula is C29H23N3O4. The minimum Gasteiger partial charge on any atom is -0.493 e. The van der Waals surface area contributed by atoms with Gasteiger partial charge in [0.25, 0.3) is 11.5 Å². The number of nitrogens with one attached hydrogen (secondary N) is 1. The van der Waals surface area contributed by atoms with E-state index in [1.54, 1.807) is 22.6 Å². The maximum atomic E-state index is 13.9. The van der Waals surface area contributed by atoms with E-state index in [0.29, 0.717) is 33.3 Å². The van der Waals surface area contributed by atoms with Crippen LogP contribution in [0.5, 0.6) is 11.5 Å². The number of methoxy groups -OCH3 is 2. The van der Waals surface area contributed by atoms with Crippen molar-refractivity contribution in [3.63, 3.8) is 0 Å². The molecule has 3 aromatic heterocycles. The van der Waals surface area contributed by atoms with Crippen LogP contribution in [0.2, 0.25) is 0 Å². The smallest absolute Gasteiger partial charge is 0.270 e. The van der Waals surface area contributed by atoms with Crippen molar-refractivity contribution in [2.45, 2.75) is 13.0 Å². The Bertz CT molecular complexity index is 1840. The first-order chi connectivity index (χ1) is 17.5. The first-order valence-corrected chi connectivity index (χ1v) is 11.6. The Morgan fingerprint density at radius 2 is 1.67 bits per heavy atom. The Kier molecular flexibility index (Phi) is 5.00. The zero-order valence-electron chi connectivity index (χ0n) is 20.0. The molecule has 1 N–H and O–H groups in total. The van der Waals surface area contributed by atoms with E-state index in [0.717, 1.165) is 21.9 Å². The lowest BCUT2D eigenvalue weighted by molar-refractivity contribution is 0.0935. The molecule has 0 unspecified atom stereocenters. The van der Waals surface area contributed by atoms with Gasteiger partial charge in [-0.2, -0.15) is 0 Å². The fourth-order valence-electron chi connectivity index (χ4n) is 5.05. The number of fused-ring (bicyclic) bond motifs is 5. The molecule has 0 saturated carbocycles. The Hall–Kier alpha value is -4.65. The zero-order valence-corrected chi connectivity index (χ0v) is 20.0. The quantitative estimate of drug-likeness (QED) is 0.350. The zero-order chi connectivity index (χ0) is 25.0. The summed E-state index contributed by atoms with van der Waals surface area (Å²) >= 11 is 0. The van der Waals surface area contributed by atoms with Gasteiger partial charge >= 0.3 is 0 Å². The Morgan fingerprint density at radius 1 is 0.917 bits per heavy atom. The van der Waals surface area contributed by atoms with Gasteiger partial charge in [-0.1, -0.05) is 48.5 Å². The van der Waals surface area contributed by atoms with E-state index in [2.05, 4.69) is 5.32 Å². The molecule has 0 aliphatic carbocycles. The van der Waals surface area contributed by atoms with Crippen LogP contribution in [0, 0.1) is 0 Å². The average Bonchev–Trinajstić information content (AvgIpc) is 3.26. The van der Waals surface area contributed by atoms with Gasteiger partial charge in [0.1, 0.15) is 5.69 Å². The maximum Gasteiger partial charge on any atom is 0.270 e. The van der Waals surface area contributed by atoms with Gasteiger partial charge in [-0.05, 0) is 36.8 Å². The number of pyridine rings is 2. The number of carbonyl (C=O) groups is 1. The number of hydrogen-bond acceptors (Lipinski definition) is 5. The SMILES string of the molecule is COc1ccc2c(c1OC)c(=O)n1c3ccccc3c3cc(C(=O)N[C@@H](C)c4ccccc4)nc2c31. The second-order valence-corrected chi connectivity index (χ2v) is 8.74. The highest BCUT2D eigenvalue weighted by Gasteiger charge is 2.24. The van der Waals surface area contributed by atoms with Gasteiger partial charge < -0.3 is 14.8 Å². The van der Waals surface area contributed by atoms with Crippen LogP contribution in [0.4, 0.5) is 0 Å². The summed E-state index contributed by atoms with van der Waals surface area (Å²) in [7, 11) is 3.04. The second-order valence-electron chi connectivity index (χ2n) is 8.74. The number of amides is 1. The van der Waals surface area contributed by atoms with E-state index in [-0.39, 0.29) is 23.2 Å². The van der Waals surface area contributed by atoms with Crippen molar-refractivity contribution in [1.29, 1.82) is 0 Å². The number of rotatable bonds is 5. The molecule has 0 fully saturated rings. The molecule has 0 spiro atoms. The molecular weight excluding hydrogens is 454 g/mol. The third-order valence-corrected chi connectivity index (χ3v) is 6.75. The van der Waals surface area contributed by atoms with Crippen LogP contribution in [0.1, 0.15) is 29.0 Å². The summed E-state index contributed by atoms with van der Waals surface area (Å²) < 4.78 is 12.7. The van der Waals surface area contributed by atoms with Crippen LogP contribution >= 0.6 is 0 Å². The van der Waals surface area contributed by atoms with Gasteiger partial charge in [-0.3, -0.25) is 14.0 Å². The average molecular weight is 478 g/mol. The van der Waals surface area contributed by atoms with Crippen LogP contribution in [0.25, 0.3) is 38.1 Å². The van der Waals surface area contributed by atoms with Gasteiger partial charge in [0, 0.05) is 16.2 Å². The predicted octanol–water partition coefficient (Wildman–Crippen LogP) is 5.10. The fourth-order valence-corrected chi connectivity index (χ4v) is 5.05. The molecule has 0 aliphatic rings. The summed E-state index contributed by atoms with van der Waals surface area (Å²) in [6.45, 7) is 1.94. The summed E-state index contributed by atoms with van der Waals surface area (Å²) in [6.07, 6.45) is 0. The van der Waals surface area contributed by atoms with E-state index in [9.17, 15) is 9.59 Å². The number of carbonyl (C=O) groups excluding carboxylic acids is 1. The van der Waals surface area contributed by atoms with Gasteiger partial charge in [0.05, 0.1) is 42.2 Å². The standard InChI is InChI=1S/C29H23N3O4/c1-16(17-9-5-4-6-10-17)30-28(33)21-15-20-18-11-7-8-12-22(18)32-26(20)25(31-21)19-13-14-23(35-2)27(36-3)24(19)29(32)34/h4-16H,1-3H3,(H,30,33)/t16-/m0/s1. The van der Waals surface area contributed by atoms with E-state index in [1.807, 2.05) is 61.5 Å². The lowest BCUT2D eigenvalue weighted by atomic mass is 10.1. The summed E-state index contributed by atoms with van der Waals surface area (Å²) in [5, 5.41) is 5.67. The van der Waals surface area contributed by atoms with Crippen LogP contribution in [-0.4, -0.2) is 29.5 Å². The molecule has 0 radical (unpaired) electrons. The number of nitrogens with zero attached hydrogens (tertiary/aromatic N) is 2. The van der Waals surface area contributed by atoms with Crippen molar-refractivity contribution in [3.8, 4) is 11.5 Å². The molecule has 0 saturated heterocycles. The molecule has 7 nitrogen and oxygen atoms in total. The summed E-state index contributed by atoms with van der Waals surface area (Å²) in [4.78, 5) is 32.1. The number of ether oxygens (including phenoxy) is 2. The van der Waals surface area contributed by atoms with Gasteiger partial charge in [-0.25, -0.2) is 4.98 Å². The first kappa shape index (κ1) is 21.9.